The molecule has 1 heterocycles. The van der Waals surface area contributed by atoms with Gasteiger partial charge in [-0.25, -0.2) is 4.79 Å². The van der Waals surface area contributed by atoms with Crippen LogP contribution in [0.2, 0.25) is 0 Å². The van der Waals surface area contributed by atoms with Gasteiger partial charge in [-0.1, -0.05) is 38.1 Å². The fraction of sp³-hybridized carbons (Fsp3) is 0.364. The third-order valence-electron chi connectivity index (χ3n) is 4.69. The summed E-state index contributed by atoms with van der Waals surface area (Å²) in [5.74, 6) is 0.362. The lowest BCUT2D eigenvalue weighted by molar-refractivity contribution is -0.124. The van der Waals surface area contributed by atoms with Crippen molar-refractivity contribution in [1.82, 2.24) is 5.32 Å². The van der Waals surface area contributed by atoms with Crippen molar-refractivity contribution in [3.05, 3.63) is 53.1 Å². The molecule has 0 radical (unpaired) electrons. The Morgan fingerprint density at radius 3 is 2.67 bits per heavy atom. The molecule has 0 bridgehead atoms. The summed E-state index contributed by atoms with van der Waals surface area (Å²) in [4.78, 5) is 24.0. The highest BCUT2D eigenvalue weighted by molar-refractivity contribution is 5.98. The van der Waals surface area contributed by atoms with Crippen LogP contribution in [0.25, 0.3) is 11.1 Å². The second kappa shape index (κ2) is 7.82. The monoisotopic (exact) mass is 367 g/mol. The van der Waals surface area contributed by atoms with Gasteiger partial charge in [-0.2, -0.15) is 0 Å². The second-order valence-corrected chi connectivity index (χ2v) is 7.18. The number of aryl methyl sites for hydroxylation is 1. The van der Waals surface area contributed by atoms with Gasteiger partial charge < -0.3 is 14.8 Å². The predicted molar refractivity (Wildman–Crippen MR) is 104 cm³/mol. The van der Waals surface area contributed by atoms with Gasteiger partial charge in [0, 0.05) is 17.9 Å². The van der Waals surface area contributed by atoms with Crippen LogP contribution in [0.4, 0.5) is 0 Å². The lowest BCUT2D eigenvalue weighted by Crippen LogP contribution is -2.36. The first-order valence-electron chi connectivity index (χ1n) is 9.16. The van der Waals surface area contributed by atoms with Crippen LogP contribution >= 0.6 is 0 Å². The summed E-state index contributed by atoms with van der Waals surface area (Å²) in [5.41, 5.74) is 4.36. The molecule has 2 aromatic rings. The maximum atomic E-state index is 12.2. The van der Waals surface area contributed by atoms with Gasteiger partial charge in [0.15, 0.2) is 0 Å². The van der Waals surface area contributed by atoms with Gasteiger partial charge in [-0.15, -0.1) is 0 Å². The molecule has 0 aliphatic carbocycles. The minimum atomic E-state index is -0.375. The Morgan fingerprint density at radius 2 is 1.96 bits per heavy atom. The molecular formula is C22H25NO4. The summed E-state index contributed by atoms with van der Waals surface area (Å²) >= 11 is 0. The number of fused-ring (bicyclic) bond motifs is 1. The van der Waals surface area contributed by atoms with Gasteiger partial charge in [0.25, 0.3) is 0 Å². The second-order valence-electron chi connectivity index (χ2n) is 7.18. The highest BCUT2D eigenvalue weighted by Gasteiger charge is 2.28. The molecule has 1 aliphatic heterocycles. The molecule has 0 saturated carbocycles. The van der Waals surface area contributed by atoms with Crippen LogP contribution in [0.1, 0.15) is 35.3 Å². The molecule has 142 valence electrons. The fourth-order valence-electron chi connectivity index (χ4n) is 3.33. The summed E-state index contributed by atoms with van der Waals surface area (Å²) in [7, 11) is 1.38. The van der Waals surface area contributed by atoms with Crippen LogP contribution < -0.4 is 10.1 Å². The standard InChI is InChI=1S/C22H25NO4/c1-13(2)21(24)23-12-16-11-15-9-14(3)10-19(20(15)27-16)17-7-5-6-8-18(17)22(25)26-4/h5-10,13,16H,11-12H2,1-4H3,(H,23,24)/t16-/m0/s1. The first-order valence-corrected chi connectivity index (χ1v) is 9.16. The number of nitrogens with one attached hydrogen (secondary N) is 1. The first kappa shape index (κ1) is 19.0. The van der Waals surface area contributed by atoms with Gasteiger partial charge >= 0.3 is 5.97 Å². The lowest BCUT2D eigenvalue weighted by Gasteiger charge is -2.16. The molecule has 0 saturated heterocycles. The summed E-state index contributed by atoms with van der Waals surface area (Å²) in [5, 5.41) is 2.93. The summed E-state index contributed by atoms with van der Waals surface area (Å²) in [6, 6.07) is 11.5. The number of carbonyl (C=O) groups excluding carboxylic acids is 2. The van der Waals surface area contributed by atoms with Crippen LogP contribution in [0.3, 0.4) is 0 Å². The van der Waals surface area contributed by atoms with Crippen molar-refractivity contribution in [1.29, 1.82) is 0 Å². The molecule has 3 rings (SSSR count). The van der Waals surface area contributed by atoms with Gasteiger partial charge in [0.2, 0.25) is 5.91 Å². The molecule has 0 aromatic heterocycles. The van der Waals surface area contributed by atoms with E-state index in [1.165, 1.54) is 7.11 Å². The summed E-state index contributed by atoms with van der Waals surface area (Å²) in [6.45, 7) is 6.22. The van der Waals surface area contributed by atoms with Crippen LogP contribution in [0, 0.1) is 12.8 Å². The van der Waals surface area contributed by atoms with E-state index in [2.05, 4.69) is 11.4 Å². The van der Waals surface area contributed by atoms with Crippen LogP contribution in [-0.4, -0.2) is 31.6 Å². The molecular weight excluding hydrogens is 342 g/mol. The number of esters is 1. The molecule has 1 amide bonds. The Hall–Kier alpha value is -2.82. The largest absolute Gasteiger partial charge is 0.487 e. The van der Waals surface area contributed by atoms with Crippen molar-refractivity contribution in [2.75, 3.05) is 13.7 Å². The number of carbonyl (C=O) groups is 2. The lowest BCUT2D eigenvalue weighted by atomic mass is 9.94. The van der Waals surface area contributed by atoms with E-state index in [9.17, 15) is 9.59 Å². The Kier molecular flexibility index (Phi) is 5.49. The van der Waals surface area contributed by atoms with E-state index >= 15 is 0 Å². The SMILES string of the molecule is COC(=O)c1ccccc1-c1cc(C)cc2c1O[C@H](CNC(=O)C(C)C)C2. The molecule has 0 unspecified atom stereocenters. The maximum absolute atomic E-state index is 12.2. The fourth-order valence-corrected chi connectivity index (χ4v) is 3.33. The van der Waals surface area contributed by atoms with Gasteiger partial charge in [0.05, 0.1) is 19.2 Å². The third kappa shape index (κ3) is 3.97. The quantitative estimate of drug-likeness (QED) is 0.821. The maximum Gasteiger partial charge on any atom is 0.338 e. The van der Waals surface area contributed by atoms with Gasteiger partial charge in [-0.3, -0.25) is 4.79 Å². The Bertz CT molecular complexity index is 873. The zero-order chi connectivity index (χ0) is 19.6. The van der Waals surface area contributed by atoms with E-state index < -0.39 is 0 Å². The van der Waals surface area contributed by atoms with Crippen molar-refractivity contribution in [3.63, 3.8) is 0 Å². The van der Waals surface area contributed by atoms with E-state index in [0.717, 1.165) is 34.4 Å². The van der Waals surface area contributed by atoms with Gasteiger partial charge in [-0.05, 0) is 35.7 Å². The molecule has 1 aliphatic rings. The van der Waals surface area contributed by atoms with Crippen molar-refractivity contribution < 1.29 is 19.1 Å². The van der Waals surface area contributed by atoms with E-state index in [0.29, 0.717) is 12.1 Å². The van der Waals surface area contributed by atoms with Crippen LogP contribution in [0.15, 0.2) is 36.4 Å². The first-order chi connectivity index (χ1) is 12.9. The normalized spacial score (nSPS) is 15.2. The summed E-state index contributed by atoms with van der Waals surface area (Å²) < 4.78 is 11.1. The van der Waals surface area contributed by atoms with Crippen LogP contribution in [0.5, 0.6) is 5.75 Å². The third-order valence-corrected chi connectivity index (χ3v) is 4.69. The van der Waals surface area contributed by atoms with E-state index in [1.807, 2.05) is 45.0 Å². The Balaban J connectivity index is 1.92. The minimum absolute atomic E-state index is 0.0157. The Labute approximate surface area is 159 Å². The molecule has 0 fully saturated rings. The Morgan fingerprint density at radius 1 is 1.22 bits per heavy atom. The average Bonchev–Trinajstić information content (AvgIpc) is 3.07. The zero-order valence-corrected chi connectivity index (χ0v) is 16.2. The number of hydrogen-bond acceptors (Lipinski definition) is 4. The molecule has 1 N–H and O–H groups in total. The van der Waals surface area contributed by atoms with Crippen molar-refractivity contribution in [3.8, 4) is 16.9 Å². The van der Waals surface area contributed by atoms with Crippen molar-refractivity contribution >= 4 is 11.9 Å². The smallest absolute Gasteiger partial charge is 0.338 e. The number of amides is 1. The minimum Gasteiger partial charge on any atom is -0.487 e. The van der Waals surface area contributed by atoms with Gasteiger partial charge in [0.1, 0.15) is 11.9 Å². The number of ether oxygens (including phenoxy) is 2. The van der Waals surface area contributed by atoms with Crippen molar-refractivity contribution in [2.24, 2.45) is 5.92 Å². The molecule has 5 nitrogen and oxygen atoms in total. The van der Waals surface area contributed by atoms with E-state index in [4.69, 9.17) is 9.47 Å². The molecule has 2 aromatic carbocycles. The average molecular weight is 367 g/mol. The van der Waals surface area contributed by atoms with E-state index in [1.54, 1.807) is 6.07 Å². The van der Waals surface area contributed by atoms with Crippen molar-refractivity contribution in [2.45, 2.75) is 33.3 Å². The topological polar surface area (TPSA) is 64.6 Å². The highest BCUT2D eigenvalue weighted by Crippen LogP contribution is 2.41. The summed E-state index contributed by atoms with van der Waals surface area (Å²) in [6.07, 6.45) is 0.608. The predicted octanol–water partition coefficient (Wildman–Crippen LogP) is 3.52. The molecule has 1 atom stereocenters. The number of rotatable bonds is 5. The molecule has 5 heteroatoms. The number of hydrogen-bond donors (Lipinski definition) is 1. The molecule has 0 spiro atoms. The van der Waals surface area contributed by atoms with E-state index in [-0.39, 0.29) is 23.9 Å². The number of methoxy groups -OCH3 is 1. The number of benzene rings is 2. The highest BCUT2D eigenvalue weighted by atomic mass is 16.5. The van der Waals surface area contributed by atoms with Crippen LogP contribution in [-0.2, 0) is 16.0 Å². The zero-order valence-electron chi connectivity index (χ0n) is 16.2. The molecule has 27 heavy (non-hydrogen) atoms.